The van der Waals surface area contributed by atoms with E-state index in [-0.39, 0.29) is 10.9 Å². The highest BCUT2D eigenvalue weighted by atomic mass is 32.2. The van der Waals surface area contributed by atoms with Crippen molar-refractivity contribution in [2.45, 2.75) is 24.4 Å². The van der Waals surface area contributed by atoms with Crippen LogP contribution in [0.1, 0.15) is 12.5 Å². The molecular weight excluding hydrogens is 284 g/mol. The highest BCUT2D eigenvalue weighted by molar-refractivity contribution is 7.89. The van der Waals surface area contributed by atoms with Crippen LogP contribution < -0.4 is 10.0 Å². The zero-order valence-corrected chi connectivity index (χ0v) is 13.0. The Balaban J connectivity index is 2.79. The van der Waals surface area contributed by atoms with Crippen molar-refractivity contribution < 1.29 is 12.6 Å². The molecule has 19 heavy (non-hydrogen) atoms. The minimum Gasteiger partial charge on any atom is -0.316 e. The lowest BCUT2D eigenvalue weighted by molar-refractivity contribution is 0.570. The van der Waals surface area contributed by atoms with Gasteiger partial charge < -0.3 is 5.32 Å². The highest BCUT2D eigenvalue weighted by Gasteiger charge is 2.17. The molecule has 0 aliphatic carbocycles. The molecule has 0 heterocycles. The van der Waals surface area contributed by atoms with Crippen LogP contribution in [0.5, 0.6) is 0 Å². The normalized spacial score (nSPS) is 15.1. The van der Waals surface area contributed by atoms with Gasteiger partial charge in [0.05, 0.1) is 4.90 Å². The van der Waals surface area contributed by atoms with Crippen LogP contribution >= 0.6 is 0 Å². The van der Waals surface area contributed by atoms with Gasteiger partial charge in [0.2, 0.25) is 10.0 Å². The summed E-state index contributed by atoms with van der Waals surface area (Å²) in [5.41, 5.74) is 1.02. The maximum absolute atomic E-state index is 12.1. The van der Waals surface area contributed by atoms with Crippen molar-refractivity contribution >= 4 is 20.8 Å². The average Bonchev–Trinajstić information content (AvgIpc) is 2.28. The number of benzene rings is 1. The molecule has 2 unspecified atom stereocenters. The minimum atomic E-state index is -3.54. The molecule has 0 saturated carbocycles. The molecule has 0 bridgehead atoms. The fourth-order valence-corrected chi connectivity index (χ4v) is 3.85. The van der Waals surface area contributed by atoms with Crippen LogP contribution in [-0.4, -0.2) is 37.7 Å². The Kier molecular flexibility index (Phi) is 6.12. The van der Waals surface area contributed by atoms with Gasteiger partial charge >= 0.3 is 0 Å². The van der Waals surface area contributed by atoms with E-state index in [4.69, 9.17) is 0 Å². The highest BCUT2D eigenvalue weighted by Crippen LogP contribution is 2.11. The van der Waals surface area contributed by atoms with Crippen molar-refractivity contribution in [1.29, 1.82) is 0 Å². The van der Waals surface area contributed by atoms with E-state index in [1.807, 2.05) is 7.05 Å². The second-order valence-corrected chi connectivity index (χ2v) is 7.63. The van der Waals surface area contributed by atoms with Crippen LogP contribution in [-0.2, 0) is 27.4 Å². The predicted molar refractivity (Wildman–Crippen MR) is 77.9 cm³/mol. The molecule has 1 aromatic rings. The van der Waals surface area contributed by atoms with Gasteiger partial charge in [-0.15, -0.1) is 0 Å². The fourth-order valence-electron chi connectivity index (χ4n) is 1.71. The third-order valence-electron chi connectivity index (χ3n) is 2.46. The van der Waals surface area contributed by atoms with Crippen LogP contribution in [0.25, 0.3) is 0 Å². The molecule has 2 atom stereocenters. The first kappa shape index (κ1) is 16.3. The van der Waals surface area contributed by atoms with Crippen molar-refractivity contribution in [2.75, 3.05) is 19.1 Å². The molecule has 1 aromatic carbocycles. The molecule has 0 aliphatic rings. The SMILES string of the molecule is CNCc1ccc(S(=O)(=O)NC(C)CS(C)=O)cc1. The quantitative estimate of drug-likeness (QED) is 0.767. The van der Waals surface area contributed by atoms with E-state index in [2.05, 4.69) is 10.0 Å². The maximum Gasteiger partial charge on any atom is 0.240 e. The summed E-state index contributed by atoms with van der Waals surface area (Å²) in [4.78, 5) is 0.223. The van der Waals surface area contributed by atoms with Gasteiger partial charge in [0.1, 0.15) is 0 Å². The number of hydrogen-bond donors (Lipinski definition) is 2. The van der Waals surface area contributed by atoms with Crippen LogP contribution in [0.2, 0.25) is 0 Å². The summed E-state index contributed by atoms with van der Waals surface area (Å²) in [5, 5.41) is 3.00. The molecule has 7 heteroatoms. The van der Waals surface area contributed by atoms with E-state index in [1.165, 1.54) is 0 Å². The van der Waals surface area contributed by atoms with E-state index in [0.29, 0.717) is 12.3 Å². The zero-order valence-electron chi connectivity index (χ0n) is 11.3. The van der Waals surface area contributed by atoms with E-state index >= 15 is 0 Å². The third kappa shape index (κ3) is 5.40. The first-order valence-corrected chi connectivity index (χ1v) is 9.12. The maximum atomic E-state index is 12.1. The second-order valence-electron chi connectivity index (χ2n) is 4.44. The Morgan fingerprint density at radius 3 is 2.32 bits per heavy atom. The van der Waals surface area contributed by atoms with Gasteiger partial charge in [-0.25, -0.2) is 13.1 Å². The topological polar surface area (TPSA) is 75.3 Å². The summed E-state index contributed by atoms with van der Waals surface area (Å²) >= 11 is 0. The molecule has 108 valence electrons. The van der Waals surface area contributed by atoms with Gasteiger partial charge in [-0.3, -0.25) is 4.21 Å². The van der Waals surface area contributed by atoms with Gasteiger partial charge in [-0.2, -0.15) is 0 Å². The van der Waals surface area contributed by atoms with Crippen molar-refractivity contribution in [2.24, 2.45) is 0 Å². The zero-order chi connectivity index (χ0) is 14.5. The molecule has 0 radical (unpaired) electrons. The molecule has 0 amide bonds. The Morgan fingerprint density at radius 1 is 1.26 bits per heavy atom. The van der Waals surface area contributed by atoms with E-state index < -0.39 is 20.8 Å². The average molecular weight is 304 g/mol. The fraction of sp³-hybridized carbons (Fsp3) is 0.500. The van der Waals surface area contributed by atoms with Gasteiger partial charge in [0.15, 0.2) is 0 Å². The van der Waals surface area contributed by atoms with Gasteiger partial charge in [-0.05, 0) is 31.7 Å². The smallest absolute Gasteiger partial charge is 0.240 e. The minimum absolute atomic E-state index is 0.223. The summed E-state index contributed by atoms with van der Waals surface area (Å²) in [5.74, 6) is 0.303. The van der Waals surface area contributed by atoms with Gasteiger partial charge in [0.25, 0.3) is 0 Å². The van der Waals surface area contributed by atoms with E-state index in [9.17, 15) is 12.6 Å². The molecule has 0 aliphatic heterocycles. The molecule has 1 rings (SSSR count). The van der Waals surface area contributed by atoms with E-state index in [1.54, 1.807) is 37.4 Å². The molecule has 5 nitrogen and oxygen atoms in total. The second kappa shape index (κ2) is 7.14. The van der Waals surface area contributed by atoms with Crippen molar-refractivity contribution in [3.63, 3.8) is 0 Å². The first-order chi connectivity index (χ1) is 8.85. The summed E-state index contributed by atoms with van der Waals surface area (Å²) in [7, 11) is -2.74. The molecular formula is C12H20N2O3S2. The lowest BCUT2D eigenvalue weighted by atomic mass is 10.2. The number of rotatable bonds is 7. The van der Waals surface area contributed by atoms with Crippen LogP contribution in [0.4, 0.5) is 0 Å². The number of sulfonamides is 1. The number of hydrogen-bond acceptors (Lipinski definition) is 4. The lowest BCUT2D eigenvalue weighted by Crippen LogP contribution is -2.36. The molecule has 2 N–H and O–H groups in total. The first-order valence-electron chi connectivity index (χ1n) is 5.91. The number of nitrogens with one attached hydrogen (secondary N) is 2. The summed E-state index contributed by atoms with van der Waals surface area (Å²) in [6, 6.07) is 6.34. The predicted octanol–water partition coefficient (Wildman–Crippen LogP) is 0.451. The standard InChI is InChI=1S/C12H20N2O3S2/c1-10(9-18(3)15)14-19(16,17)12-6-4-11(5-7-12)8-13-2/h4-7,10,13-14H,8-9H2,1-3H3. The van der Waals surface area contributed by atoms with Gasteiger partial charge in [-0.1, -0.05) is 12.1 Å². The molecule has 0 spiro atoms. The Morgan fingerprint density at radius 2 is 1.84 bits per heavy atom. The van der Waals surface area contributed by atoms with Crippen molar-refractivity contribution in [1.82, 2.24) is 10.0 Å². The van der Waals surface area contributed by atoms with Gasteiger partial charge in [0, 0.05) is 35.4 Å². The Bertz CT molecular complexity index is 526. The summed E-state index contributed by atoms with van der Waals surface area (Å²) in [6.45, 7) is 2.40. The molecule has 0 saturated heterocycles. The molecule has 0 aromatic heterocycles. The molecule has 0 fully saturated rings. The monoisotopic (exact) mass is 304 g/mol. The lowest BCUT2D eigenvalue weighted by Gasteiger charge is -2.13. The third-order valence-corrected chi connectivity index (χ3v) is 5.03. The van der Waals surface area contributed by atoms with Crippen molar-refractivity contribution in [3.8, 4) is 0 Å². The van der Waals surface area contributed by atoms with E-state index in [0.717, 1.165) is 5.56 Å². The Hall–Kier alpha value is -0.760. The Labute approximate surface area is 117 Å². The van der Waals surface area contributed by atoms with Crippen LogP contribution in [0, 0.1) is 0 Å². The summed E-state index contributed by atoms with van der Waals surface area (Å²) in [6.07, 6.45) is 1.55. The van der Waals surface area contributed by atoms with Crippen LogP contribution in [0.3, 0.4) is 0 Å². The largest absolute Gasteiger partial charge is 0.316 e. The van der Waals surface area contributed by atoms with Crippen LogP contribution in [0.15, 0.2) is 29.2 Å². The summed E-state index contributed by atoms with van der Waals surface area (Å²) < 4.78 is 37.7. The van der Waals surface area contributed by atoms with Crippen molar-refractivity contribution in [3.05, 3.63) is 29.8 Å².